The number of aliphatic hydroxyl groups excluding tert-OH is 1. The van der Waals surface area contributed by atoms with E-state index in [1.54, 1.807) is 0 Å². The van der Waals surface area contributed by atoms with Gasteiger partial charge in [0, 0.05) is 25.7 Å². The largest absolute Gasteiger partial charge is 0.472 e. The van der Waals surface area contributed by atoms with Gasteiger partial charge in [-0.1, -0.05) is 350 Å². The lowest BCUT2D eigenvalue weighted by atomic mass is 10.0. The van der Waals surface area contributed by atoms with Gasteiger partial charge in [-0.15, -0.1) is 0 Å². The number of ether oxygens (including phenoxy) is 4. The molecule has 576 valence electrons. The quantitative estimate of drug-likeness (QED) is 0.0222. The molecule has 5 atom stereocenters. The second-order valence-electron chi connectivity index (χ2n) is 29.5. The third-order valence-electron chi connectivity index (χ3n) is 18.1. The van der Waals surface area contributed by atoms with Gasteiger partial charge in [0.05, 0.1) is 26.4 Å². The second-order valence-corrected chi connectivity index (χ2v) is 32.4. The molecular formula is C78H152O17P2. The average molecular weight is 1420 g/mol. The van der Waals surface area contributed by atoms with Gasteiger partial charge in [0.1, 0.15) is 19.3 Å². The lowest BCUT2D eigenvalue weighted by molar-refractivity contribution is -0.161. The summed E-state index contributed by atoms with van der Waals surface area (Å²) >= 11 is 0. The van der Waals surface area contributed by atoms with E-state index in [0.717, 1.165) is 108 Å². The van der Waals surface area contributed by atoms with Crippen molar-refractivity contribution in [2.45, 2.75) is 420 Å². The van der Waals surface area contributed by atoms with Crippen LogP contribution in [0.2, 0.25) is 0 Å². The van der Waals surface area contributed by atoms with Crippen LogP contribution in [0.3, 0.4) is 0 Å². The molecule has 0 aliphatic heterocycles. The Morgan fingerprint density at radius 3 is 0.701 bits per heavy atom. The third kappa shape index (κ3) is 72.2. The number of phosphoric ester groups is 2. The van der Waals surface area contributed by atoms with Gasteiger partial charge in [0.2, 0.25) is 0 Å². The molecule has 0 heterocycles. The molecule has 3 N–H and O–H groups in total. The summed E-state index contributed by atoms with van der Waals surface area (Å²) in [6, 6.07) is 0. The number of carbonyl (C=O) groups excluding carboxylic acids is 4. The van der Waals surface area contributed by atoms with E-state index in [4.69, 9.17) is 37.0 Å². The van der Waals surface area contributed by atoms with Crippen molar-refractivity contribution >= 4 is 39.5 Å². The molecule has 0 aromatic heterocycles. The van der Waals surface area contributed by atoms with Crippen LogP contribution in [0.1, 0.15) is 402 Å². The molecule has 2 unspecified atom stereocenters. The van der Waals surface area contributed by atoms with Crippen LogP contribution in [0.4, 0.5) is 0 Å². The van der Waals surface area contributed by atoms with Crippen molar-refractivity contribution in [1.29, 1.82) is 0 Å². The molecule has 19 heteroatoms. The van der Waals surface area contributed by atoms with Crippen molar-refractivity contribution in [3.63, 3.8) is 0 Å². The van der Waals surface area contributed by atoms with Crippen LogP contribution < -0.4 is 0 Å². The molecule has 0 spiro atoms. The van der Waals surface area contributed by atoms with Gasteiger partial charge in [0.15, 0.2) is 12.2 Å². The fraction of sp³-hybridized carbons (Fsp3) is 0.949. The first kappa shape index (κ1) is 95.1. The smallest absolute Gasteiger partial charge is 0.462 e. The van der Waals surface area contributed by atoms with Crippen LogP contribution in [0.15, 0.2) is 0 Å². The SMILES string of the molecule is CCCCCCCCCCCCCCCCC(=O)OC[C@H](COP(=O)(O)OC[C@@H](O)COP(=O)(O)OC[C@@H](COC(=O)CCCCCCCCCCCCC(C)C)OC(=O)CCCCCCCCCCCCC(C)C)OC(=O)CCCCCCCCCCCCCCCCC(C)C. The van der Waals surface area contributed by atoms with Crippen LogP contribution in [0.5, 0.6) is 0 Å². The third-order valence-corrected chi connectivity index (χ3v) is 20.0. The topological polar surface area (TPSA) is 237 Å². The molecule has 0 fully saturated rings. The fourth-order valence-corrected chi connectivity index (χ4v) is 13.5. The van der Waals surface area contributed by atoms with E-state index in [1.165, 1.54) is 212 Å². The first-order valence-corrected chi connectivity index (χ1v) is 43.3. The number of unbranched alkanes of at least 4 members (excludes halogenated alkanes) is 44. The van der Waals surface area contributed by atoms with Crippen LogP contribution in [0, 0.1) is 17.8 Å². The summed E-state index contributed by atoms with van der Waals surface area (Å²) in [4.78, 5) is 72.9. The molecule has 0 saturated heterocycles. The number of hydrogen-bond acceptors (Lipinski definition) is 15. The first-order valence-electron chi connectivity index (χ1n) is 40.3. The van der Waals surface area contributed by atoms with Crippen molar-refractivity contribution < 1.29 is 80.2 Å². The zero-order chi connectivity index (χ0) is 71.6. The minimum atomic E-state index is -4.96. The number of rotatable bonds is 76. The number of carbonyl (C=O) groups is 4. The molecular weight excluding hydrogens is 1270 g/mol. The van der Waals surface area contributed by atoms with E-state index in [2.05, 4.69) is 48.5 Å². The van der Waals surface area contributed by atoms with E-state index >= 15 is 0 Å². The Balaban J connectivity index is 5.27. The summed E-state index contributed by atoms with van der Waals surface area (Å²) in [7, 11) is -9.92. The molecule has 0 aromatic carbocycles. The summed E-state index contributed by atoms with van der Waals surface area (Å²) in [6.07, 6.45) is 55.4. The van der Waals surface area contributed by atoms with Crippen molar-refractivity contribution in [3.8, 4) is 0 Å². The van der Waals surface area contributed by atoms with Gasteiger partial charge < -0.3 is 33.8 Å². The molecule has 97 heavy (non-hydrogen) atoms. The van der Waals surface area contributed by atoms with Gasteiger partial charge in [-0.2, -0.15) is 0 Å². The number of esters is 4. The monoisotopic (exact) mass is 1420 g/mol. The molecule has 17 nitrogen and oxygen atoms in total. The van der Waals surface area contributed by atoms with Crippen LogP contribution in [-0.4, -0.2) is 96.7 Å². The normalized spacial score (nSPS) is 14.0. The average Bonchev–Trinajstić information content (AvgIpc) is 1.45. The van der Waals surface area contributed by atoms with Gasteiger partial charge in [0.25, 0.3) is 0 Å². The standard InChI is InChI=1S/C78H152O17P2/c1-8-9-10-11-12-13-14-15-19-22-31-38-45-52-59-75(80)88-65-73(94-77(82)61-54-47-40-33-23-20-17-16-18-21-28-35-42-49-56-69(2)3)67-92-96(84,85)90-63-72(79)64-91-97(86,87)93-68-74(95-78(83)62-55-48-41-34-27-25-30-37-44-51-58-71(6)7)66-89-76(81)60-53-46-39-32-26-24-29-36-43-50-57-70(4)5/h69-74,79H,8-68H2,1-7H3,(H,84,85)(H,86,87)/t72-,73-,74-/m1/s1. The van der Waals surface area contributed by atoms with E-state index in [9.17, 15) is 43.2 Å². The Kier molecular flexibility index (Phi) is 67.1. The summed E-state index contributed by atoms with van der Waals surface area (Å²) in [5.41, 5.74) is 0. The molecule has 0 amide bonds. The molecule has 0 aromatic rings. The Morgan fingerprint density at radius 2 is 0.474 bits per heavy atom. The van der Waals surface area contributed by atoms with Crippen molar-refractivity contribution in [1.82, 2.24) is 0 Å². The summed E-state index contributed by atoms with van der Waals surface area (Å²) in [6.45, 7) is 11.9. The van der Waals surface area contributed by atoms with Crippen LogP contribution >= 0.6 is 15.6 Å². The molecule has 0 rings (SSSR count). The Morgan fingerprint density at radius 1 is 0.278 bits per heavy atom. The first-order chi connectivity index (χ1) is 46.7. The highest BCUT2D eigenvalue weighted by atomic mass is 31.2. The van der Waals surface area contributed by atoms with Crippen molar-refractivity contribution in [2.24, 2.45) is 17.8 Å². The van der Waals surface area contributed by atoms with Gasteiger partial charge in [-0.05, 0) is 43.4 Å². The highest BCUT2D eigenvalue weighted by molar-refractivity contribution is 7.47. The zero-order valence-electron chi connectivity index (χ0n) is 63.5. The van der Waals surface area contributed by atoms with Crippen LogP contribution in [-0.2, 0) is 65.4 Å². The van der Waals surface area contributed by atoms with E-state index in [0.29, 0.717) is 25.7 Å². The second kappa shape index (κ2) is 68.5. The molecule has 0 aliphatic carbocycles. The summed E-state index contributed by atoms with van der Waals surface area (Å²) in [5.74, 6) is 0.192. The van der Waals surface area contributed by atoms with Gasteiger partial charge in [-0.25, -0.2) is 9.13 Å². The lowest BCUT2D eigenvalue weighted by Crippen LogP contribution is -2.30. The number of hydrogen-bond donors (Lipinski definition) is 3. The number of aliphatic hydroxyl groups is 1. The minimum Gasteiger partial charge on any atom is -0.462 e. The predicted molar refractivity (Wildman–Crippen MR) is 395 cm³/mol. The lowest BCUT2D eigenvalue weighted by Gasteiger charge is -2.21. The van der Waals surface area contributed by atoms with E-state index in [1.807, 2.05) is 0 Å². The summed E-state index contributed by atoms with van der Waals surface area (Å²) in [5, 5.41) is 10.6. The predicted octanol–water partition coefficient (Wildman–Crippen LogP) is 23.0. The van der Waals surface area contributed by atoms with Gasteiger partial charge in [-0.3, -0.25) is 37.3 Å². The number of phosphoric acid groups is 2. The maximum atomic E-state index is 13.1. The van der Waals surface area contributed by atoms with Gasteiger partial charge >= 0.3 is 39.5 Å². The fourth-order valence-electron chi connectivity index (χ4n) is 12.0. The van der Waals surface area contributed by atoms with E-state index < -0.39 is 97.5 Å². The Bertz CT molecular complexity index is 1890. The highest BCUT2D eigenvalue weighted by Crippen LogP contribution is 2.45. The maximum absolute atomic E-state index is 13.1. The zero-order valence-corrected chi connectivity index (χ0v) is 65.3. The minimum absolute atomic E-state index is 0.106. The molecule has 0 aliphatic rings. The van der Waals surface area contributed by atoms with Crippen LogP contribution in [0.25, 0.3) is 0 Å². The van der Waals surface area contributed by atoms with E-state index in [-0.39, 0.29) is 25.7 Å². The molecule has 0 saturated carbocycles. The molecule has 0 bridgehead atoms. The Hall–Kier alpha value is -1.94. The Labute approximate surface area is 594 Å². The maximum Gasteiger partial charge on any atom is 0.472 e. The highest BCUT2D eigenvalue weighted by Gasteiger charge is 2.30. The molecule has 0 radical (unpaired) electrons. The summed E-state index contributed by atoms with van der Waals surface area (Å²) < 4.78 is 68.6. The van der Waals surface area contributed by atoms with Crippen molar-refractivity contribution in [2.75, 3.05) is 39.6 Å². The van der Waals surface area contributed by atoms with Crippen molar-refractivity contribution in [3.05, 3.63) is 0 Å².